The molecule has 0 atom stereocenters. The molecule has 0 bridgehead atoms. The van der Waals surface area contributed by atoms with Gasteiger partial charge in [-0.1, -0.05) is 0 Å². The van der Waals surface area contributed by atoms with E-state index in [4.69, 9.17) is 15.3 Å². The molecule has 18 heavy (non-hydrogen) atoms. The van der Waals surface area contributed by atoms with Crippen molar-refractivity contribution in [3.63, 3.8) is 0 Å². The lowest BCUT2D eigenvalue weighted by atomic mass is 10.2. The average Bonchev–Trinajstić information content (AvgIpc) is 2.39. The first-order valence-corrected chi connectivity index (χ1v) is 5.10. The van der Waals surface area contributed by atoms with Crippen LogP contribution in [0.25, 0.3) is 0 Å². The predicted octanol–water partition coefficient (Wildman–Crippen LogP) is 3.36. The maximum atomic E-state index is 13.2. The number of nitriles is 2. The zero-order valence-corrected chi connectivity index (χ0v) is 9.22. The van der Waals surface area contributed by atoms with Crippen molar-refractivity contribution in [1.82, 2.24) is 0 Å². The van der Waals surface area contributed by atoms with Crippen LogP contribution in [0.3, 0.4) is 0 Å². The summed E-state index contributed by atoms with van der Waals surface area (Å²) in [6.07, 6.45) is 0. The van der Waals surface area contributed by atoms with Crippen LogP contribution in [0.15, 0.2) is 42.5 Å². The molecular formula is C14H7FN2O. The first-order chi connectivity index (χ1) is 8.71. The van der Waals surface area contributed by atoms with Gasteiger partial charge in [0.2, 0.25) is 0 Å². The molecule has 0 aliphatic carbocycles. The van der Waals surface area contributed by atoms with Crippen LogP contribution < -0.4 is 4.74 Å². The summed E-state index contributed by atoms with van der Waals surface area (Å²) in [5.74, 6) is 0.192. The van der Waals surface area contributed by atoms with Crippen molar-refractivity contribution in [3.8, 4) is 23.6 Å². The second kappa shape index (κ2) is 4.99. The molecule has 4 heteroatoms. The van der Waals surface area contributed by atoms with E-state index in [1.54, 1.807) is 24.3 Å². The molecule has 0 saturated carbocycles. The normalized spacial score (nSPS) is 9.28. The molecule has 0 radical (unpaired) electrons. The summed E-state index contributed by atoms with van der Waals surface area (Å²) in [7, 11) is 0. The zero-order valence-electron chi connectivity index (χ0n) is 9.22. The van der Waals surface area contributed by atoms with Gasteiger partial charge in [-0.2, -0.15) is 10.5 Å². The molecule has 0 fully saturated rings. The van der Waals surface area contributed by atoms with Gasteiger partial charge in [-0.3, -0.25) is 0 Å². The highest BCUT2D eigenvalue weighted by molar-refractivity contribution is 5.41. The van der Waals surface area contributed by atoms with E-state index in [9.17, 15) is 4.39 Å². The molecular weight excluding hydrogens is 231 g/mol. The Balaban J connectivity index is 2.26. The standard InChI is InChI=1S/C14H7FN2O/c15-12-5-11(9-17)6-14(7-12)18-13-3-1-10(8-16)2-4-13/h1-7H. The third-order valence-electron chi connectivity index (χ3n) is 2.22. The van der Waals surface area contributed by atoms with Gasteiger partial charge in [0.05, 0.1) is 23.3 Å². The van der Waals surface area contributed by atoms with Gasteiger partial charge in [0.1, 0.15) is 17.3 Å². The fourth-order valence-electron chi connectivity index (χ4n) is 1.42. The van der Waals surface area contributed by atoms with Gasteiger partial charge >= 0.3 is 0 Å². The van der Waals surface area contributed by atoms with Crippen LogP contribution in [-0.4, -0.2) is 0 Å². The average molecular weight is 238 g/mol. The molecule has 0 amide bonds. The maximum absolute atomic E-state index is 13.2. The maximum Gasteiger partial charge on any atom is 0.131 e. The number of hydrogen-bond acceptors (Lipinski definition) is 3. The molecule has 0 unspecified atom stereocenters. The Morgan fingerprint density at radius 1 is 0.833 bits per heavy atom. The molecule has 0 spiro atoms. The highest BCUT2D eigenvalue weighted by atomic mass is 19.1. The Morgan fingerprint density at radius 2 is 1.50 bits per heavy atom. The minimum Gasteiger partial charge on any atom is -0.457 e. The smallest absolute Gasteiger partial charge is 0.131 e. The highest BCUT2D eigenvalue weighted by Gasteiger charge is 2.03. The summed E-state index contributed by atoms with van der Waals surface area (Å²) in [6.45, 7) is 0. The lowest BCUT2D eigenvalue weighted by Gasteiger charge is -2.06. The fraction of sp³-hybridized carbons (Fsp3) is 0. The number of halogens is 1. The van der Waals surface area contributed by atoms with Gasteiger partial charge in [0.15, 0.2) is 0 Å². The van der Waals surface area contributed by atoms with Crippen LogP contribution in [-0.2, 0) is 0 Å². The molecule has 0 N–H and O–H groups in total. The first kappa shape index (κ1) is 11.6. The second-order valence-corrected chi connectivity index (χ2v) is 3.53. The number of hydrogen-bond donors (Lipinski definition) is 0. The molecule has 0 saturated heterocycles. The lowest BCUT2D eigenvalue weighted by molar-refractivity contribution is 0.476. The number of ether oxygens (including phenoxy) is 1. The summed E-state index contributed by atoms with van der Waals surface area (Å²) in [5, 5.41) is 17.4. The molecule has 0 aliphatic heterocycles. The van der Waals surface area contributed by atoms with E-state index in [1.807, 2.05) is 12.1 Å². The Labute approximate surface area is 103 Å². The van der Waals surface area contributed by atoms with Crippen molar-refractivity contribution in [2.45, 2.75) is 0 Å². The first-order valence-electron chi connectivity index (χ1n) is 5.10. The van der Waals surface area contributed by atoms with E-state index in [-0.39, 0.29) is 11.3 Å². The predicted molar refractivity (Wildman–Crippen MR) is 62.3 cm³/mol. The summed E-state index contributed by atoms with van der Waals surface area (Å²) in [5.41, 5.74) is 0.706. The quantitative estimate of drug-likeness (QED) is 0.805. The van der Waals surface area contributed by atoms with Crippen LogP contribution in [0.1, 0.15) is 11.1 Å². The van der Waals surface area contributed by atoms with Crippen LogP contribution in [0.5, 0.6) is 11.5 Å². The van der Waals surface area contributed by atoms with Crippen LogP contribution in [0.4, 0.5) is 4.39 Å². The van der Waals surface area contributed by atoms with Gasteiger partial charge in [0, 0.05) is 6.07 Å². The van der Waals surface area contributed by atoms with Crippen molar-refractivity contribution in [2.24, 2.45) is 0 Å². The number of benzene rings is 2. The monoisotopic (exact) mass is 238 g/mol. The largest absolute Gasteiger partial charge is 0.457 e. The van der Waals surface area contributed by atoms with Crippen LogP contribution in [0.2, 0.25) is 0 Å². The van der Waals surface area contributed by atoms with Gasteiger partial charge in [0.25, 0.3) is 0 Å². The van der Waals surface area contributed by atoms with Gasteiger partial charge in [-0.25, -0.2) is 4.39 Å². The molecule has 2 aromatic rings. The van der Waals surface area contributed by atoms with Crippen LogP contribution in [0, 0.1) is 28.5 Å². The molecule has 3 nitrogen and oxygen atoms in total. The minimum absolute atomic E-state index is 0.193. The minimum atomic E-state index is -0.530. The molecule has 86 valence electrons. The molecule has 0 aromatic heterocycles. The Hall–Kier alpha value is -2.85. The Morgan fingerprint density at radius 3 is 2.11 bits per heavy atom. The summed E-state index contributed by atoms with van der Waals surface area (Å²) < 4.78 is 18.6. The van der Waals surface area contributed by atoms with Gasteiger partial charge in [-0.05, 0) is 36.4 Å². The van der Waals surface area contributed by atoms with Crippen molar-refractivity contribution in [3.05, 3.63) is 59.4 Å². The lowest BCUT2D eigenvalue weighted by Crippen LogP contribution is -1.87. The SMILES string of the molecule is N#Cc1ccc(Oc2cc(F)cc(C#N)c2)cc1. The van der Waals surface area contributed by atoms with Crippen LogP contribution >= 0.6 is 0 Å². The summed E-state index contributed by atoms with van der Waals surface area (Å²) >= 11 is 0. The van der Waals surface area contributed by atoms with E-state index in [0.717, 1.165) is 6.07 Å². The zero-order chi connectivity index (χ0) is 13.0. The van der Waals surface area contributed by atoms with Crippen molar-refractivity contribution >= 4 is 0 Å². The van der Waals surface area contributed by atoms with E-state index >= 15 is 0 Å². The van der Waals surface area contributed by atoms with Crippen molar-refractivity contribution in [1.29, 1.82) is 10.5 Å². The van der Waals surface area contributed by atoms with Gasteiger partial charge < -0.3 is 4.74 Å². The van der Waals surface area contributed by atoms with E-state index in [1.165, 1.54) is 12.1 Å². The van der Waals surface area contributed by atoms with E-state index in [2.05, 4.69) is 0 Å². The molecule has 0 aliphatic rings. The summed E-state index contributed by atoms with van der Waals surface area (Å²) in [4.78, 5) is 0. The number of nitrogens with zero attached hydrogens (tertiary/aromatic N) is 2. The molecule has 2 rings (SSSR count). The molecule has 0 heterocycles. The third-order valence-corrected chi connectivity index (χ3v) is 2.22. The Bertz CT molecular complexity index is 651. The van der Waals surface area contributed by atoms with Gasteiger partial charge in [-0.15, -0.1) is 0 Å². The van der Waals surface area contributed by atoms with Crippen molar-refractivity contribution in [2.75, 3.05) is 0 Å². The molecule has 2 aromatic carbocycles. The Kier molecular flexibility index (Phi) is 3.22. The van der Waals surface area contributed by atoms with E-state index in [0.29, 0.717) is 11.3 Å². The highest BCUT2D eigenvalue weighted by Crippen LogP contribution is 2.23. The van der Waals surface area contributed by atoms with Crippen molar-refractivity contribution < 1.29 is 9.13 Å². The summed E-state index contributed by atoms with van der Waals surface area (Å²) in [6, 6.07) is 14.0. The number of rotatable bonds is 2. The fourth-order valence-corrected chi connectivity index (χ4v) is 1.42. The van der Waals surface area contributed by atoms with E-state index < -0.39 is 5.82 Å². The second-order valence-electron chi connectivity index (χ2n) is 3.53. The third kappa shape index (κ3) is 2.63. The topological polar surface area (TPSA) is 56.8 Å².